The first-order valence-corrected chi connectivity index (χ1v) is 5.34. The van der Waals surface area contributed by atoms with Crippen LogP contribution in [0, 0.1) is 5.92 Å². The fourth-order valence-electron chi connectivity index (χ4n) is 1.91. The standard InChI is InChI=1S/C11H16O3/c12-11(10-7-13-8-10)14-6-9-4-2-1-3-5-9/h7,9H,1-6,8H2. The quantitative estimate of drug-likeness (QED) is 0.648. The number of ether oxygens (including phenoxy) is 2. The average Bonchev–Trinajstić information content (AvgIpc) is 2.14. The molecule has 2 aliphatic rings. The van der Waals surface area contributed by atoms with Gasteiger partial charge in [0, 0.05) is 0 Å². The smallest absolute Gasteiger partial charge is 0.340 e. The molecule has 1 saturated carbocycles. The normalized spacial score (nSPS) is 21.9. The number of hydrogen-bond acceptors (Lipinski definition) is 3. The average molecular weight is 196 g/mol. The molecule has 78 valence electrons. The molecule has 1 aliphatic heterocycles. The van der Waals surface area contributed by atoms with Crippen molar-refractivity contribution in [3.8, 4) is 0 Å². The van der Waals surface area contributed by atoms with E-state index in [0.29, 0.717) is 24.7 Å². The second-order valence-electron chi connectivity index (χ2n) is 4.06. The van der Waals surface area contributed by atoms with Crippen LogP contribution in [0.2, 0.25) is 0 Å². The van der Waals surface area contributed by atoms with Gasteiger partial charge in [0.1, 0.15) is 12.2 Å². The van der Waals surface area contributed by atoms with E-state index in [2.05, 4.69) is 0 Å². The second-order valence-corrected chi connectivity index (χ2v) is 4.06. The molecule has 3 heteroatoms. The number of hydrogen-bond donors (Lipinski definition) is 0. The SMILES string of the molecule is O=C(OCC1CCCCC1)C1=COC1. The lowest BCUT2D eigenvalue weighted by molar-refractivity contribution is -0.142. The van der Waals surface area contributed by atoms with Crippen molar-refractivity contribution in [3.05, 3.63) is 11.8 Å². The topological polar surface area (TPSA) is 35.5 Å². The van der Waals surface area contributed by atoms with Crippen LogP contribution in [0.5, 0.6) is 0 Å². The van der Waals surface area contributed by atoms with Crippen molar-refractivity contribution in [2.75, 3.05) is 13.2 Å². The van der Waals surface area contributed by atoms with Crippen LogP contribution in [-0.4, -0.2) is 19.2 Å². The number of carbonyl (C=O) groups is 1. The van der Waals surface area contributed by atoms with Crippen LogP contribution in [-0.2, 0) is 14.3 Å². The van der Waals surface area contributed by atoms with Gasteiger partial charge in [-0.2, -0.15) is 0 Å². The Kier molecular flexibility index (Phi) is 3.07. The summed E-state index contributed by atoms with van der Waals surface area (Å²) in [5.41, 5.74) is 0.667. The highest BCUT2D eigenvalue weighted by Gasteiger charge is 2.20. The highest BCUT2D eigenvalue weighted by molar-refractivity contribution is 5.89. The fraction of sp³-hybridized carbons (Fsp3) is 0.727. The molecule has 0 radical (unpaired) electrons. The van der Waals surface area contributed by atoms with Gasteiger partial charge in [-0.05, 0) is 18.8 Å². The summed E-state index contributed by atoms with van der Waals surface area (Å²) in [5, 5.41) is 0. The molecule has 0 aromatic carbocycles. The van der Waals surface area contributed by atoms with Gasteiger partial charge in [0.15, 0.2) is 0 Å². The molecule has 1 heterocycles. The molecular formula is C11H16O3. The highest BCUT2D eigenvalue weighted by Crippen LogP contribution is 2.24. The Bertz CT molecular complexity index is 239. The van der Waals surface area contributed by atoms with Crippen molar-refractivity contribution in [2.24, 2.45) is 5.92 Å². The van der Waals surface area contributed by atoms with E-state index >= 15 is 0 Å². The predicted octanol–water partition coefficient (Wildman–Crippen LogP) is 2.02. The highest BCUT2D eigenvalue weighted by atomic mass is 16.5. The minimum Gasteiger partial charge on any atom is -0.495 e. The molecular weight excluding hydrogens is 180 g/mol. The van der Waals surface area contributed by atoms with Gasteiger partial charge in [0.25, 0.3) is 0 Å². The van der Waals surface area contributed by atoms with Gasteiger partial charge in [0.2, 0.25) is 0 Å². The van der Waals surface area contributed by atoms with Gasteiger partial charge >= 0.3 is 5.97 Å². The van der Waals surface area contributed by atoms with Gasteiger partial charge in [-0.3, -0.25) is 0 Å². The van der Waals surface area contributed by atoms with Crippen molar-refractivity contribution >= 4 is 5.97 Å². The summed E-state index contributed by atoms with van der Waals surface area (Å²) in [5.74, 6) is 0.399. The molecule has 0 saturated heterocycles. The number of esters is 1. The lowest BCUT2D eigenvalue weighted by Crippen LogP contribution is -2.22. The molecule has 2 rings (SSSR count). The molecule has 0 aromatic heterocycles. The maximum atomic E-state index is 11.3. The zero-order chi connectivity index (χ0) is 9.80. The Morgan fingerprint density at radius 3 is 2.71 bits per heavy atom. The minimum atomic E-state index is -0.193. The summed E-state index contributed by atoms with van der Waals surface area (Å²) < 4.78 is 9.98. The molecule has 3 nitrogen and oxygen atoms in total. The molecule has 0 spiro atoms. The zero-order valence-electron chi connectivity index (χ0n) is 8.33. The minimum absolute atomic E-state index is 0.193. The Labute approximate surface area is 84.1 Å². The lowest BCUT2D eigenvalue weighted by Gasteiger charge is -2.22. The summed E-state index contributed by atoms with van der Waals surface area (Å²) in [7, 11) is 0. The summed E-state index contributed by atoms with van der Waals surface area (Å²) in [6, 6.07) is 0. The third kappa shape index (κ3) is 2.28. The molecule has 0 N–H and O–H groups in total. The third-order valence-corrected chi connectivity index (χ3v) is 2.90. The van der Waals surface area contributed by atoms with Crippen molar-refractivity contribution in [3.63, 3.8) is 0 Å². The van der Waals surface area contributed by atoms with E-state index < -0.39 is 0 Å². The van der Waals surface area contributed by atoms with E-state index in [1.54, 1.807) is 0 Å². The maximum Gasteiger partial charge on any atom is 0.340 e. The maximum absolute atomic E-state index is 11.3. The largest absolute Gasteiger partial charge is 0.495 e. The van der Waals surface area contributed by atoms with Gasteiger partial charge in [-0.25, -0.2) is 4.79 Å². The van der Waals surface area contributed by atoms with Gasteiger partial charge in [-0.1, -0.05) is 19.3 Å². The summed E-state index contributed by atoms with van der Waals surface area (Å²) in [4.78, 5) is 11.3. The van der Waals surface area contributed by atoms with Gasteiger partial charge in [-0.15, -0.1) is 0 Å². The van der Waals surface area contributed by atoms with Crippen LogP contribution in [0.3, 0.4) is 0 Å². The molecule has 14 heavy (non-hydrogen) atoms. The fourth-order valence-corrected chi connectivity index (χ4v) is 1.91. The molecule has 0 aromatic rings. The van der Waals surface area contributed by atoms with Crippen molar-refractivity contribution in [2.45, 2.75) is 32.1 Å². The van der Waals surface area contributed by atoms with E-state index in [1.807, 2.05) is 0 Å². The molecule has 0 amide bonds. The lowest BCUT2D eigenvalue weighted by atomic mass is 9.90. The van der Waals surface area contributed by atoms with Crippen molar-refractivity contribution in [1.82, 2.24) is 0 Å². The van der Waals surface area contributed by atoms with E-state index in [1.165, 1.54) is 38.4 Å². The Morgan fingerprint density at radius 2 is 2.14 bits per heavy atom. The first-order chi connectivity index (χ1) is 6.86. The summed E-state index contributed by atoms with van der Waals surface area (Å²) >= 11 is 0. The van der Waals surface area contributed by atoms with Crippen molar-refractivity contribution < 1.29 is 14.3 Å². The van der Waals surface area contributed by atoms with E-state index in [9.17, 15) is 4.79 Å². The summed E-state index contributed by atoms with van der Waals surface area (Å²) in [6.07, 6.45) is 7.81. The molecule has 1 fully saturated rings. The van der Waals surface area contributed by atoms with Crippen LogP contribution in [0.4, 0.5) is 0 Å². The first kappa shape index (κ1) is 9.56. The van der Waals surface area contributed by atoms with Crippen LogP contribution < -0.4 is 0 Å². The van der Waals surface area contributed by atoms with Crippen LogP contribution in [0.1, 0.15) is 32.1 Å². The summed E-state index contributed by atoms with van der Waals surface area (Å²) in [6.45, 7) is 1.01. The predicted molar refractivity (Wildman–Crippen MR) is 51.6 cm³/mol. The third-order valence-electron chi connectivity index (χ3n) is 2.90. The Hall–Kier alpha value is -0.990. The molecule has 1 aliphatic carbocycles. The first-order valence-electron chi connectivity index (χ1n) is 5.34. The monoisotopic (exact) mass is 196 g/mol. The second kappa shape index (κ2) is 4.49. The van der Waals surface area contributed by atoms with Crippen LogP contribution in [0.15, 0.2) is 11.8 Å². The van der Waals surface area contributed by atoms with Gasteiger partial charge < -0.3 is 9.47 Å². The van der Waals surface area contributed by atoms with Crippen molar-refractivity contribution in [1.29, 1.82) is 0 Å². The zero-order valence-corrected chi connectivity index (χ0v) is 8.33. The number of carbonyl (C=O) groups excluding carboxylic acids is 1. The van der Waals surface area contributed by atoms with Crippen LogP contribution in [0.25, 0.3) is 0 Å². The van der Waals surface area contributed by atoms with Crippen LogP contribution >= 0.6 is 0 Å². The van der Waals surface area contributed by atoms with E-state index in [-0.39, 0.29) is 5.97 Å². The molecule has 0 unspecified atom stereocenters. The van der Waals surface area contributed by atoms with Gasteiger partial charge in [0.05, 0.1) is 12.9 Å². The number of rotatable bonds is 3. The Balaban J connectivity index is 1.68. The molecule has 0 atom stereocenters. The Morgan fingerprint density at radius 1 is 1.43 bits per heavy atom. The van der Waals surface area contributed by atoms with E-state index in [4.69, 9.17) is 9.47 Å². The molecule has 0 bridgehead atoms. The van der Waals surface area contributed by atoms with E-state index in [0.717, 1.165) is 0 Å².